The van der Waals surface area contributed by atoms with Gasteiger partial charge in [0.05, 0.1) is 6.21 Å². The van der Waals surface area contributed by atoms with Crippen molar-refractivity contribution in [2.24, 2.45) is 5.10 Å². The molecule has 2 aromatic rings. The number of hydrazone groups is 1. The summed E-state index contributed by atoms with van der Waals surface area (Å²) >= 11 is 0. The van der Waals surface area contributed by atoms with Crippen LogP contribution in [0.15, 0.2) is 59.7 Å². The van der Waals surface area contributed by atoms with Crippen molar-refractivity contribution in [3.8, 4) is 11.5 Å². The first-order chi connectivity index (χ1) is 8.38. The molecule has 0 radical (unpaired) electrons. The van der Waals surface area contributed by atoms with Crippen LogP contribution in [0.1, 0.15) is 5.56 Å². The molecule has 0 saturated heterocycles. The molecule has 17 heavy (non-hydrogen) atoms. The van der Waals surface area contributed by atoms with E-state index >= 15 is 0 Å². The van der Waals surface area contributed by atoms with Crippen molar-refractivity contribution in [3.05, 3.63) is 60.2 Å². The van der Waals surface area contributed by atoms with Crippen LogP contribution in [0.2, 0.25) is 0 Å². The molecule has 3 nitrogen and oxygen atoms in total. The average Bonchev–Trinajstić information content (AvgIpc) is 2.39. The second kappa shape index (κ2) is 5.70. The van der Waals surface area contributed by atoms with E-state index in [9.17, 15) is 0 Å². The van der Waals surface area contributed by atoms with E-state index in [4.69, 9.17) is 4.74 Å². The fourth-order valence-electron chi connectivity index (χ4n) is 1.39. The Bertz CT molecular complexity index is 477. The van der Waals surface area contributed by atoms with E-state index in [1.165, 1.54) is 0 Å². The topological polar surface area (TPSA) is 33.6 Å². The van der Waals surface area contributed by atoms with Gasteiger partial charge in [-0.1, -0.05) is 18.2 Å². The highest BCUT2D eigenvalue weighted by molar-refractivity contribution is 5.79. The van der Waals surface area contributed by atoms with Crippen molar-refractivity contribution in [1.82, 2.24) is 5.43 Å². The van der Waals surface area contributed by atoms with Gasteiger partial charge < -0.3 is 10.2 Å². The second-order valence-electron chi connectivity index (χ2n) is 3.47. The molecule has 3 heteroatoms. The first-order valence-electron chi connectivity index (χ1n) is 5.41. The molecular formula is C14H14N2O. The third kappa shape index (κ3) is 3.34. The van der Waals surface area contributed by atoms with E-state index < -0.39 is 0 Å². The van der Waals surface area contributed by atoms with Gasteiger partial charge in [0.15, 0.2) is 0 Å². The molecule has 0 aliphatic rings. The van der Waals surface area contributed by atoms with E-state index in [2.05, 4.69) is 10.5 Å². The van der Waals surface area contributed by atoms with E-state index in [1.54, 1.807) is 13.3 Å². The van der Waals surface area contributed by atoms with Crippen molar-refractivity contribution in [1.29, 1.82) is 0 Å². The van der Waals surface area contributed by atoms with Crippen LogP contribution in [0.3, 0.4) is 0 Å². The van der Waals surface area contributed by atoms with Gasteiger partial charge in [-0.3, -0.25) is 0 Å². The quantitative estimate of drug-likeness (QED) is 0.642. The minimum atomic E-state index is 0.817. The second-order valence-corrected chi connectivity index (χ2v) is 3.47. The lowest BCUT2D eigenvalue weighted by Crippen LogP contribution is -1.94. The first kappa shape index (κ1) is 11.2. The van der Waals surface area contributed by atoms with E-state index in [0.29, 0.717) is 0 Å². The number of rotatable bonds is 4. The van der Waals surface area contributed by atoms with Crippen molar-refractivity contribution >= 4 is 6.21 Å². The molecule has 0 heterocycles. The molecule has 0 bridgehead atoms. The Labute approximate surface area is 101 Å². The summed E-state index contributed by atoms with van der Waals surface area (Å²) in [5.74, 6) is 1.65. The van der Waals surface area contributed by atoms with E-state index in [1.807, 2.05) is 54.6 Å². The third-order valence-corrected chi connectivity index (χ3v) is 2.20. The number of nitrogens with one attached hydrogen (secondary N) is 1. The molecule has 0 aliphatic heterocycles. The molecule has 0 atom stereocenters. The van der Waals surface area contributed by atoms with Gasteiger partial charge in [0.1, 0.15) is 11.5 Å². The monoisotopic (exact) mass is 226 g/mol. The molecule has 0 aromatic heterocycles. The average molecular weight is 226 g/mol. The summed E-state index contributed by atoms with van der Waals surface area (Å²) in [6.45, 7) is 0. The smallest absolute Gasteiger partial charge is 0.127 e. The van der Waals surface area contributed by atoms with Crippen LogP contribution < -0.4 is 10.2 Å². The molecular weight excluding hydrogens is 212 g/mol. The Kier molecular flexibility index (Phi) is 3.76. The van der Waals surface area contributed by atoms with Crippen molar-refractivity contribution in [3.63, 3.8) is 0 Å². The van der Waals surface area contributed by atoms with Gasteiger partial charge in [-0.2, -0.15) is 5.10 Å². The number of para-hydroxylation sites is 1. The summed E-state index contributed by atoms with van der Waals surface area (Å²) in [5.41, 5.74) is 3.74. The van der Waals surface area contributed by atoms with Gasteiger partial charge in [-0.05, 0) is 42.0 Å². The molecule has 2 rings (SSSR count). The summed E-state index contributed by atoms with van der Waals surface area (Å²) in [5, 5.41) is 3.94. The fraction of sp³-hybridized carbons (Fsp3) is 0.0714. The van der Waals surface area contributed by atoms with Gasteiger partial charge in [-0.15, -0.1) is 0 Å². The third-order valence-electron chi connectivity index (χ3n) is 2.20. The van der Waals surface area contributed by atoms with Gasteiger partial charge in [0.2, 0.25) is 0 Å². The Hall–Kier alpha value is -2.29. The molecule has 2 aromatic carbocycles. The number of ether oxygens (including phenoxy) is 1. The number of hydrogen-bond acceptors (Lipinski definition) is 3. The zero-order valence-corrected chi connectivity index (χ0v) is 9.63. The summed E-state index contributed by atoms with van der Waals surface area (Å²) in [7, 11) is 1.77. The van der Waals surface area contributed by atoms with Crippen LogP contribution in [0.5, 0.6) is 11.5 Å². The van der Waals surface area contributed by atoms with Crippen molar-refractivity contribution in [2.75, 3.05) is 7.05 Å². The number of hydrogen-bond donors (Lipinski definition) is 1. The molecule has 0 amide bonds. The molecule has 1 N–H and O–H groups in total. The maximum absolute atomic E-state index is 5.68. The predicted molar refractivity (Wildman–Crippen MR) is 69.6 cm³/mol. The van der Waals surface area contributed by atoms with Crippen LogP contribution in [0, 0.1) is 0 Å². The van der Waals surface area contributed by atoms with Gasteiger partial charge in [0.25, 0.3) is 0 Å². The predicted octanol–water partition coefficient (Wildman–Crippen LogP) is 3.03. The zero-order chi connectivity index (χ0) is 11.9. The van der Waals surface area contributed by atoms with E-state index in [0.717, 1.165) is 17.1 Å². The lowest BCUT2D eigenvalue weighted by Gasteiger charge is -2.05. The SMILES string of the molecule is CNN=Cc1ccc(Oc2ccccc2)cc1. The Morgan fingerprint density at radius 3 is 2.24 bits per heavy atom. The minimum Gasteiger partial charge on any atom is -0.457 e. The Balaban J connectivity index is 2.06. The van der Waals surface area contributed by atoms with Crippen LogP contribution in [-0.2, 0) is 0 Å². The molecule has 0 saturated carbocycles. The van der Waals surface area contributed by atoms with Crippen molar-refractivity contribution < 1.29 is 4.74 Å². The maximum Gasteiger partial charge on any atom is 0.127 e. The van der Waals surface area contributed by atoms with E-state index in [-0.39, 0.29) is 0 Å². The summed E-state index contributed by atoms with van der Waals surface area (Å²) in [6.07, 6.45) is 1.76. The summed E-state index contributed by atoms with van der Waals surface area (Å²) in [4.78, 5) is 0. The zero-order valence-electron chi connectivity index (χ0n) is 9.63. The molecule has 0 fully saturated rings. The fourth-order valence-corrected chi connectivity index (χ4v) is 1.39. The number of nitrogens with zero attached hydrogens (tertiary/aromatic N) is 1. The van der Waals surface area contributed by atoms with Gasteiger partial charge in [0, 0.05) is 7.05 Å². The molecule has 0 spiro atoms. The molecule has 0 unspecified atom stereocenters. The largest absolute Gasteiger partial charge is 0.457 e. The van der Waals surface area contributed by atoms with Gasteiger partial charge >= 0.3 is 0 Å². The summed E-state index contributed by atoms with van der Waals surface area (Å²) < 4.78 is 5.68. The number of benzene rings is 2. The maximum atomic E-state index is 5.68. The highest BCUT2D eigenvalue weighted by atomic mass is 16.5. The molecule has 86 valence electrons. The van der Waals surface area contributed by atoms with Crippen molar-refractivity contribution in [2.45, 2.75) is 0 Å². The highest BCUT2D eigenvalue weighted by Gasteiger charge is 1.95. The van der Waals surface area contributed by atoms with Crippen LogP contribution in [-0.4, -0.2) is 13.3 Å². The lowest BCUT2D eigenvalue weighted by atomic mass is 10.2. The van der Waals surface area contributed by atoms with Crippen LogP contribution >= 0.6 is 0 Å². The van der Waals surface area contributed by atoms with Gasteiger partial charge in [-0.25, -0.2) is 0 Å². The normalized spacial score (nSPS) is 10.4. The minimum absolute atomic E-state index is 0.817. The van der Waals surface area contributed by atoms with Crippen LogP contribution in [0.4, 0.5) is 0 Å². The Morgan fingerprint density at radius 2 is 1.59 bits per heavy atom. The highest BCUT2D eigenvalue weighted by Crippen LogP contribution is 2.20. The lowest BCUT2D eigenvalue weighted by molar-refractivity contribution is 0.482. The Morgan fingerprint density at radius 1 is 0.941 bits per heavy atom. The summed E-state index contributed by atoms with van der Waals surface area (Å²) in [6, 6.07) is 17.5. The van der Waals surface area contributed by atoms with Crippen LogP contribution in [0.25, 0.3) is 0 Å². The molecule has 0 aliphatic carbocycles. The first-order valence-corrected chi connectivity index (χ1v) is 5.41. The standard InChI is InChI=1S/C14H14N2O/c1-15-16-11-12-7-9-14(10-8-12)17-13-5-3-2-4-6-13/h2-11,15H,1H3.